The lowest BCUT2D eigenvalue weighted by atomic mass is 9.90. The van der Waals surface area contributed by atoms with Crippen LogP contribution in [0, 0.1) is 5.92 Å². The molecule has 3 heterocycles. The lowest BCUT2D eigenvalue weighted by Crippen LogP contribution is -2.52. The predicted octanol–water partition coefficient (Wildman–Crippen LogP) is 6.26. The fourth-order valence-corrected chi connectivity index (χ4v) is 9.59. The third kappa shape index (κ3) is 7.41. The second-order valence-electron chi connectivity index (χ2n) is 13.1. The van der Waals surface area contributed by atoms with E-state index in [1.165, 1.54) is 41.3 Å². The molecule has 10 nitrogen and oxygen atoms in total. The van der Waals surface area contributed by atoms with Crippen molar-refractivity contribution in [3.8, 4) is 5.75 Å². The van der Waals surface area contributed by atoms with Crippen molar-refractivity contribution < 1.29 is 25.8 Å². The van der Waals surface area contributed by atoms with Gasteiger partial charge in [-0.05, 0) is 79.1 Å². The van der Waals surface area contributed by atoms with Crippen molar-refractivity contribution in [2.45, 2.75) is 41.5 Å². The standard InChI is InChI=1S/C40H38N4O6S2/c1-43(51(46,47)38-11-5-9-32-27-41-21-17-35(32)38)37(40(45)44-23-19-31(20-24-44)25-29-7-3-2-4-8-29)26-30-13-15-34(16-14-30)50-52(48,49)39-12-6-10-33-28-42-22-18-36(33)39/h2-18,21-22,27-28,31,37H,19-20,23-26H2,1H3/t37-/m0/s1. The zero-order valence-corrected chi connectivity index (χ0v) is 30.2. The molecule has 1 aliphatic rings. The van der Waals surface area contributed by atoms with Crippen molar-refractivity contribution in [3.05, 3.63) is 139 Å². The van der Waals surface area contributed by atoms with Gasteiger partial charge in [0, 0.05) is 66.5 Å². The molecule has 1 fully saturated rings. The maximum atomic E-state index is 14.4. The highest BCUT2D eigenvalue weighted by Crippen LogP contribution is 2.30. The van der Waals surface area contributed by atoms with Crippen LogP contribution in [-0.2, 0) is 37.8 Å². The number of hydrogen-bond donors (Lipinski definition) is 0. The van der Waals surface area contributed by atoms with Gasteiger partial charge < -0.3 is 9.08 Å². The van der Waals surface area contributed by atoms with Gasteiger partial charge >= 0.3 is 10.1 Å². The Kier molecular flexibility index (Phi) is 10.0. The predicted molar refractivity (Wildman–Crippen MR) is 200 cm³/mol. The van der Waals surface area contributed by atoms with Gasteiger partial charge in [-0.1, -0.05) is 66.7 Å². The van der Waals surface area contributed by atoms with E-state index in [9.17, 15) is 21.6 Å². The van der Waals surface area contributed by atoms with Gasteiger partial charge in [0.1, 0.15) is 16.7 Å². The first kappa shape index (κ1) is 35.2. The highest BCUT2D eigenvalue weighted by molar-refractivity contribution is 7.89. The minimum absolute atomic E-state index is 0.0192. The molecule has 0 saturated carbocycles. The number of hydrogen-bond acceptors (Lipinski definition) is 8. The summed E-state index contributed by atoms with van der Waals surface area (Å²) >= 11 is 0. The number of likely N-dealkylation sites (tertiary alicyclic amines) is 1. The average Bonchev–Trinajstić information content (AvgIpc) is 3.17. The van der Waals surface area contributed by atoms with Gasteiger partial charge in [-0.2, -0.15) is 12.7 Å². The zero-order valence-electron chi connectivity index (χ0n) is 28.6. The number of nitrogens with zero attached hydrogens (tertiary/aromatic N) is 4. The van der Waals surface area contributed by atoms with Crippen molar-refractivity contribution in [3.63, 3.8) is 0 Å². The summed E-state index contributed by atoms with van der Waals surface area (Å²) in [6, 6.07) is 28.8. The lowest BCUT2D eigenvalue weighted by molar-refractivity contribution is -0.136. The fourth-order valence-electron chi connectivity index (χ4n) is 6.91. The number of rotatable bonds is 11. The first-order valence-corrected chi connectivity index (χ1v) is 19.9. The molecule has 6 aromatic rings. The molecule has 0 unspecified atom stereocenters. The topological polar surface area (TPSA) is 127 Å². The van der Waals surface area contributed by atoms with Crippen LogP contribution in [0.4, 0.5) is 0 Å². The van der Waals surface area contributed by atoms with E-state index in [2.05, 4.69) is 22.1 Å². The van der Waals surface area contributed by atoms with Crippen molar-refractivity contribution in [2.24, 2.45) is 5.92 Å². The number of sulfonamides is 1. The van der Waals surface area contributed by atoms with Crippen LogP contribution in [0.5, 0.6) is 5.75 Å². The molecular formula is C40H38N4O6S2. The monoisotopic (exact) mass is 734 g/mol. The maximum absolute atomic E-state index is 14.4. The highest BCUT2D eigenvalue weighted by Gasteiger charge is 2.37. The Labute approximate surface area is 303 Å². The fraction of sp³-hybridized carbons (Fsp3) is 0.225. The first-order valence-electron chi connectivity index (χ1n) is 17.1. The van der Waals surface area contributed by atoms with E-state index < -0.39 is 26.2 Å². The summed E-state index contributed by atoms with van der Waals surface area (Å²) in [5, 5.41) is 2.35. The SMILES string of the molecule is CN([C@@H](Cc1ccc(OS(=O)(=O)c2cccc3cnccc23)cc1)C(=O)N1CCC(Cc2ccccc2)CC1)S(=O)(=O)c1cccc2cnccc12. The van der Waals surface area contributed by atoms with Crippen LogP contribution in [0.1, 0.15) is 24.0 Å². The zero-order chi connectivity index (χ0) is 36.3. The first-order chi connectivity index (χ1) is 25.1. The summed E-state index contributed by atoms with van der Waals surface area (Å²) in [5.74, 6) is 0.230. The van der Waals surface area contributed by atoms with Gasteiger partial charge in [-0.3, -0.25) is 14.8 Å². The summed E-state index contributed by atoms with van der Waals surface area (Å²) in [4.78, 5) is 24.5. The molecule has 7 rings (SSSR count). The van der Waals surface area contributed by atoms with Crippen LogP contribution in [0.25, 0.3) is 21.5 Å². The maximum Gasteiger partial charge on any atom is 0.339 e. The minimum atomic E-state index is -4.19. The van der Waals surface area contributed by atoms with E-state index in [1.54, 1.807) is 78.1 Å². The second-order valence-corrected chi connectivity index (χ2v) is 16.6. The van der Waals surface area contributed by atoms with Crippen molar-refractivity contribution in [1.29, 1.82) is 0 Å². The van der Waals surface area contributed by atoms with Crippen LogP contribution in [0.2, 0.25) is 0 Å². The summed E-state index contributed by atoms with van der Waals surface area (Å²) in [6.07, 6.45) is 8.88. The molecule has 52 heavy (non-hydrogen) atoms. The van der Waals surface area contributed by atoms with E-state index in [0.29, 0.717) is 46.1 Å². The number of fused-ring (bicyclic) bond motifs is 2. The number of aromatic nitrogens is 2. The Morgan fingerprint density at radius 3 is 1.98 bits per heavy atom. The van der Waals surface area contributed by atoms with Gasteiger partial charge in [0.25, 0.3) is 0 Å². The Balaban J connectivity index is 1.14. The number of piperidine rings is 1. The van der Waals surface area contributed by atoms with E-state index in [0.717, 1.165) is 19.3 Å². The van der Waals surface area contributed by atoms with E-state index in [4.69, 9.17) is 4.18 Å². The van der Waals surface area contributed by atoms with Crippen molar-refractivity contribution in [2.75, 3.05) is 20.1 Å². The van der Waals surface area contributed by atoms with Crippen LogP contribution in [0.15, 0.2) is 138 Å². The second kappa shape index (κ2) is 14.8. The van der Waals surface area contributed by atoms with E-state index in [1.807, 2.05) is 18.2 Å². The smallest absolute Gasteiger partial charge is 0.339 e. The Morgan fingerprint density at radius 1 is 0.750 bits per heavy atom. The third-order valence-electron chi connectivity index (χ3n) is 9.78. The van der Waals surface area contributed by atoms with Crippen LogP contribution >= 0.6 is 0 Å². The molecule has 1 aliphatic heterocycles. The van der Waals surface area contributed by atoms with Crippen LogP contribution in [-0.4, -0.2) is 68.1 Å². The largest absolute Gasteiger partial charge is 0.379 e. The molecule has 1 amide bonds. The highest BCUT2D eigenvalue weighted by atomic mass is 32.2. The van der Waals surface area contributed by atoms with Crippen LogP contribution < -0.4 is 4.18 Å². The molecule has 0 bridgehead atoms. The summed E-state index contributed by atoms with van der Waals surface area (Å²) in [7, 11) is -6.89. The molecule has 1 saturated heterocycles. The summed E-state index contributed by atoms with van der Waals surface area (Å²) in [6.45, 7) is 1.05. The summed E-state index contributed by atoms with van der Waals surface area (Å²) < 4.78 is 61.9. The summed E-state index contributed by atoms with van der Waals surface area (Å²) in [5.41, 5.74) is 1.90. The van der Waals surface area contributed by atoms with Gasteiger partial charge in [0.2, 0.25) is 15.9 Å². The number of benzene rings is 4. The average molecular weight is 735 g/mol. The molecule has 1 atom stereocenters. The van der Waals surface area contributed by atoms with Crippen LogP contribution in [0.3, 0.4) is 0 Å². The Hall–Kier alpha value is -5.17. The molecule has 0 radical (unpaired) electrons. The molecule has 0 N–H and O–H groups in total. The van der Waals surface area contributed by atoms with Crippen molar-refractivity contribution in [1.82, 2.24) is 19.2 Å². The van der Waals surface area contributed by atoms with Gasteiger partial charge in [-0.15, -0.1) is 0 Å². The number of amides is 1. The lowest BCUT2D eigenvalue weighted by Gasteiger charge is -2.36. The van der Waals surface area contributed by atoms with E-state index >= 15 is 0 Å². The Morgan fingerprint density at radius 2 is 1.35 bits per heavy atom. The van der Waals surface area contributed by atoms with Gasteiger partial charge in [0.15, 0.2) is 0 Å². The molecular weight excluding hydrogens is 697 g/mol. The van der Waals surface area contributed by atoms with Gasteiger partial charge in [-0.25, -0.2) is 8.42 Å². The Bertz CT molecular complexity index is 2420. The quantitative estimate of drug-likeness (QED) is 0.143. The van der Waals surface area contributed by atoms with Gasteiger partial charge in [0.05, 0.1) is 4.90 Å². The number of likely N-dealkylation sites (N-methyl/N-ethyl adjacent to an activating group) is 1. The molecule has 0 spiro atoms. The number of pyridine rings is 2. The minimum Gasteiger partial charge on any atom is -0.379 e. The van der Waals surface area contributed by atoms with E-state index in [-0.39, 0.29) is 27.9 Å². The number of carbonyl (C=O) groups is 1. The molecule has 266 valence electrons. The van der Waals surface area contributed by atoms with Crippen molar-refractivity contribution >= 4 is 47.6 Å². The third-order valence-corrected chi connectivity index (χ3v) is 13.0. The molecule has 4 aromatic carbocycles. The molecule has 0 aliphatic carbocycles. The normalized spacial score (nSPS) is 14.8. The molecule has 12 heteroatoms. The number of carbonyl (C=O) groups excluding carboxylic acids is 1. The molecule has 2 aromatic heterocycles.